The number of hydrogen-bond acceptors (Lipinski definition) is 2. The first kappa shape index (κ1) is 9.87. The van der Waals surface area contributed by atoms with Gasteiger partial charge in [-0.25, -0.2) is 4.98 Å². The summed E-state index contributed by atoms with van der Waals surface area (Å²) in [6, 6.07) is 5.86. The summed E-state index contributed by atoms with van der Waals surface area (Å²) >= 11 is 0. The molecule has 10 heavy (non-hydrogen) atoms. The van der Waals surface area contributed by atoms with Crippen molar-refractivity contribution in [3.8, 4) is 0 Å². The molecule has 1 rings (SSSR count). The van der Waals surface area contributed by atoms with Crippen molar-refractivity contribution in [2.45, 2.75) is 0 Å². The third-order valence-corrected chi connectivity index (χ3v) is 1.11. The standard InChI is InChI=1S/C7H10N2.Pb.2H/c1-9(2)7-5-3-4-6-8-7;;;/h3-6H,1-2H3;;;. The quantitative estimate of drug-likeness (QED) is 0.685. The molecule has 0 fully saturated rings. The molecule has 0 N–H and O–H groups in total. The second-order valence-electron chi connectivity index (χ2n) is 2.08. The zero-order chi connectivity index (χ0) is 6.69. The average molecular weight is 331 g/mol. The van der Waals surface area contributed by atoms with Crippen molar-refractivity contribution in [3.63, 3.8) is 0 Å². The Morgan fingerprint density at radius 2 is 2.00 bits per heavy atom. The van der Waals surface area contributed by atoms with Gasteiger partial charge in [0.05, 0.1) is 0 Å². The van der Waals surface area contributed by atoms with Crippen molar-refractivity contribution in [2.24, 2.45) is 0 Å². The summed E-state index contributed by atoms with van der Waals surface area (Å²) in [5.41, 5.74) is 0. The molecule has 0 spiro atoms. The molecular weight excluding hydrogens is 319 g/mol. The van der Waals surface area contributed by atoms with Crippen LogP contribution in [-0.4, -0.2) is 46.4 Å². The number of aromatic nitrogens is 1. The second kappa shape index (κ2) is 4.65. The zero-order valence-electron chi connectivity index (χ0n) is 6.41. The molecule has 2 radical (unpaired) electrons. The van der Waals surface area contributed by atoms with Crippen LogP contribution in [-0.2, 0) is 0 Å². The molecule has 0 bridgehead atoms. The fourth-order valence-electron chi connectivity index (χ4n) is 0.618. The van der Waals surface area contributed by atoms with Crippen molar-refractivity contribution in [1.82, 2.24) is 4.98 Å². The van der Waals surface area contributed by atoms with Gasteiger partial charge in [0.1, 0.15) is 5.82 Å². The predicted molar refractivity (Wildman–Crippen MR) is 47.1 cm³/mol. The van der Waals surface area contributed by atoms with Crippen LogP contribution in [0.2, 0.25) is 0 Å². The van der Waals surface area contributed by atoms with E-state index in [2.05, 4.69) is 4.98 Å². The average Bonchev–Trinajstić information content (AvgIpc) is 1.90. The number of nitrogens with zero attached hydrogens (tertiary/aromatic N) is 2. The third-order valence-electron chi connectivity index (χ3n) is 1.11. The monoisotopic (exact) mass is 332 g/mol. The Hall–Kier alpha value is -0.128. The second-order valence-corrected chi connectivity index (χ2v) is 2.08. The molecule has 0 amide bonds. The molecule has 1 heterocycles. The Morgan fingerprint density at radius 3 is 2.30 bits per heavy atom. The Kier molecular flexibility index (Phi) is 4.59. The summed E-state index contributed by atoms with van der Waals surface area (Å²) in [4.78, 5) is 6.08. The number of hydrogen-bond donors (Lipinski definition) is 0. The summed E-state index contributed by atoms with van der Waals surface area (Å²) in [6.45, 7) is 0. The van der Waals surface area contributed by atoms with Crippen LogP contribution in [0.15, 0.2) is 24.4 Å². The Morgan fingerprint density at radius 1 is 1.30 bits per heavy atom. The molecule has 0 aliphatic carbocycles. The van der Waals surface area contributed by atoms with E-state index in [-0.39, 0.29) is 27.3 Å². The molecule has 0 unspecified atom stereocenters. The molecular formula is C7H12N2Pb. The van der Waals surface area contributed by atoms with E-state index in [1.807, 2.05) is 37.2 Å². The molecule has 3 heteroatoms. The van der Waals surface area contributed by atoms with E-state index < -0.39 is 0 Å². The van der Waals surface area contributed by atoms with Gasteiger partial charge >= 0.3 is 27.3 Å². The first-order chi connectivity index (χ1) is 4.30. The summed E-state index contributed by atoms with van der Waals surface area (Å²) in [5.74, 6) is 0.998. The van der Waals surface area contributed by atoms with Gasteiger partial charge in [-0.1, -0.05) is 6.07 Å². The van der Waals surface area contributed by atoms with Crippen molar-refractivity contribution in [1.29, 1.82) is 0 Å². The summed E-state index contributed by atoms with van der Waals surface area (Å²) in [6.07, 6.45) is 1.79. The van der Waals surface area contributed by atoms with Gasteiger partial charge in [0.25, 0.3) is 0 Å². The third kappa shape index (κ3) is 2.64. The van der Waals surface area contributed by atoms with Gasteiger partial charge in [-0.3, -0.25) is 0 Å². The Labute approximate surface area is 81.4 Å². The molecule has 0 aliphatic heterocycles. The molecule has 0 aromatic carbocycles. The predicted octanol–water partition coefficient (Wildman–Crippen LogP) is 0.231. The van der Waals surface area contributed by atoms with Gasteiger partial charge in [0.2, 0.25) is 0 Å². The normalized spacial score (nSPS) is 8.20. The summed E-state index contributed by atoms with van der Waals surface area (Å²) in [5, 5.41) is 0. The first-order valence-electron chi connectivity index (χ1n) is 2.89. The maximum atomic E-state index is 4.10. The summed E-state index contributed by atoms with van der Waals surface area (Å²) in [7, 11) is 3.95. The topological polar surface area (TPSA) is 16.1 Å². The number of pyridine rings is 1. The van der Waals surface area contributed by atoms with Crippen LogP contribution >= 0.6 is 0 Å². The molecule has 54 valence electrons. The molecule has 0 aliphatic rings. The number of anilines is 1. The van der Waals surface area contributed by atoms with E-state index >= 15 is 0 Å². The Balaban J connectivity index is 0.000000810. The molecule has 0 saturated heterocycles. The number of rotatable bonds is 1. The van der Waals surface area contributed by atoms with Crippen LogP contribution in [0.3, 0.4) is 0 Å². The van der Waals surface area contributed by atoms with Crippen molar-refractivity contribution >= 4 is 33.1 Å². The van der Waals surface area contributed by atoms with Crippen LogP contribution in [0.1, 0.15) is 0 Å². The zero-order valence-corrected chi connectivity index (χ0v) is 11.9. The van der Waals surface area contributed by atoms with Crippen molar-refractivity contribution in [2.75, 3.05) is 19.0 Å². The van der Waals surface area contributed by atoms with E-state index in [0.717, 1.165) is 5.82 Å². The first-order valence-corrected chi connectivity index (χ1v) is 2.89. The summed E-state index contributed by atoms with van der Waals surface area (Å²) < 4.78 is 0. The molecule has 1 aromatic heterocycles. The van der Waals surface area contributed by atoms with Crippen molar-refractivity contribution < 1.29 is 0 Å². The van der Waals surface area contributed by atoms with E-state index in [0.29, 0.717) is 0 Å². The van der Waals surface area contributed by atoms with E-state index in [1.165, 1.54) is 0 Å². The van der Waals surface area contributed by atoms with Crippen molar-refractivity contribution in [3.05, 3.63) is 24.4 Å². The molecule has 0 atom stereocenters. The Bertz CT molecular complexity index is 174. The maximum absolute atomic E-state index is 4.10. The van der Waals surface area contributed by atoms with E-state index in [9.17, 15) is 0 Å². The fourth-order valence-corrected chi connectivity index (χ4v) is 0.618. The molecule has 2 nitrogen and oxygen atoms in total. The van der Waals surface area contributed by atoms with Crippen LogP contribution in [0.4, 0.5) is 5.82 Å². The van der Waals surface area contributed by atoms with Crippen LogP contribution in [0.25, 0.3) is 0 Å². The van der Waals surface area contributed by atoms with Crippen LogP contribution < -0.4 is 4.90 Å². The minimum absolute atomic E-state index is 0. The fraction of sp³-hybridized carbons (Fsp3) is 0.286. The van der Waals surface area contributed by atoms with Gasteiger partial charge in [-0.15, -0.1) is 0 Å². The van der Waals surface area contributed by atoms with Gasteiger partial charge < -0.3 is 4.90 Å². The minimum atomic E-state index is 0. The molecule has 1 aromatic rings. The van der Waals surface area contributed by atoms with Gasteiger partial charge in [-0.2, -0.15) is 0 Å². The van der Waals surface area contributed by atoms with E-state index in [4.69, 9.17) is 0 Å². The SMILES string of the molecule is CN(C)c1ccccn1.[PbH2]. The van der Waals surface area contributed by atoms with Crippen LogP contribution in [0, 0.1) is 0 Å². The van der Waals surface area contributed by atoms with Gasteiger partial charge in [0, 0.05) is 20.3 Å². The molecule has 0 saturated carbocycles. The van der Waals surface area contributed by atoms with Gasteiger partial charge in [-0.05, 0) is 12.1 Å². The van der Waals surface area contributed by atoms with Crippen LogP contribution in [0.5, 0.6) is 0 Å². The van der Waals surface area contributed by atoms with E-state index in [1.54, 1.807) is 6.20 Å². The van der Waals surface area contributed by atoms with Gasteiger partial charge in [0.15, 0.2) is 0 Å².